The molecule has 12 aromatic rings. The second kappa shape index (κ2) is 49.1. The molecule has 20 nitrogen and oxygen atoms in total. The minimum absolute atomic E-state index is 0. The van der Waals surface area contributed by atoms with Crippen LogP contribution >= 0.6 is 139 Å². The molecule has 12 rings (SSSR count). The number of carbonyl (C=O) groups is 4. The second-order valence-electron chi connectivity index (χ2n) is 18.3. The molecule has 8 heterocycles. The molecule has 8 aromatic heterocycles. The fraction of sp³-hybridized carbons (Fsp3) is 0. The molecule has 0 N–H and O–H groups in total. The standard InChI is InChI=1S/4C10H8N2.4C7H3Cl3O3.4Zn/c4*1-3-7-11-9(5-1)10-6-2-4-8-12-10;4*8-2-1-3(9)6(11)4(5(2)10)7(12)13;;;;/h4*1-8H;4*1,11H,(H,12,13);;;;/q;;;;;;;;4*+2/p-8. The van der Waals surface area contributed by atoms with E-state index in [0.717, 1.165) is 69.8 Å². The minimum atomic E-state index is -1.70. The second-order valence-corrected chi connectivity index (χ2v) is 23.1. The van der Waals surface area contributed by atoms with Crippen LogP contribution in [-0.2, 0) is 77.9 Å². The molecule has 0 fully saturated rings. The first-order chi connectivity index (χ1) is 47.7. The SMILES string of the molecule is O=C([O-])c1c([O-])c(Cl)cc(Cl)c1Cl.O=C([O-])c1c([O-])c(Cl)cc(Cl)c1Cl.O=C([O-])c1c([O-])c(Cl)cc(Cl)c1Cl.O=C([O-])c1c([O-])c(Cl)cc(Cl)c1Cl.[Zn+2].[Zn+2].[Zn+2].[Zn+2].c1ccc(-c2ccccn2)nc1.c1ccc(-c2ccccn2)nc1.c1ccc(-c2ccccn2)nc1.c1ccc(-c2ccccn2)nc1. The summed E-state index contributed by atoms with van der Waals surface area (Å²) in [4.78, 5) is 75.2. The molecule has 0 aliphatic rings. The topological polar surface area (TPSA) is 356 Å². The number of halogens is 12. The number of rotatable bonds is 8. The molecule has 36 heteroatoms. The molecular formula is C68H36Cl12N8O12Zn4. The van der Waals surface area contributed by atoms with Crippen molar-refractivity contribution in [1.82, 2.24) is 39.9 Å². The summed E-state index contributed by atoms with van der Waals surface area (Å²) < 4.78 is 0. The number of benzene rings is 4. The number of pyridine rings is 8. The Morgan fingerprint density at radius 1 is 0.221 bits per heavy atom. The van der Waals surface area contributed by atoms with Crippen molar-refractivity contribution in [2.75, 3.05) is 0 Å². The molecule has 0 spiro atoms. The van der Waals surface area contributed by atoms with Crippen molar-refractivity contribution in [3.63, 3.8) is 0 Å². The Morgan fingerprint density at radius 3 is 0.442 bits per heavy atom. The van der Waals surface area contributed by atoms with E-state index >= 15 is 0 Å². The van der Waals surface area contributed by atoms with Gasteiger partial charge in [-0.3, -0.25) is 39.9 Å². The van der Waals surface area contributed by atoms with Crippen LogP contribution in [0.25, 0.3) is 45.6 Å². The van der Waals surface area contributed by atoms with Gasteiger partial charge in [-0.1, -0.05) is 211 Å². The van der Waals surface area contributed by atoms with Crippen LogP contribution in [0.5, 0.6) is 23.0 Å². The molecule has 0 radical (unpaired) electrons. The smallest absolute Gasteiger partial charge is 0.871 e. The largest absolute Gasteiger partial charge is 2.00 e. The van der Waals surface area contributed by atoms with E-state index in [1.54, 1.807) is 49.6 Å². The van der Waals surface area contributed by atoms with E-state index in [1.807, 2.05) is 146 Å². The third-order valence-corrected chi connectivity index (χ3v) is 16.0. The first kappa shape index (κ1) is 95.1. The van der Waals surface area contributed by atoms with Gasteiger partial charge >= 0.3 is 77.9 Å². The Morgan fingerprint density at radius 2 is 0.346 bits per heavy atom. The number of nitrogens with zero attached hydrogens (tertiary/aromatic N) is 8. The molecule has 0 aliphatic heterocycles. The van der Waals surface area contributed by atoms with Gasteiger partial charge in [0.1, 0.15) is 0 Å². The Kier molecular flexibility index (Phi) is 44.9. The molecule has 512 valence electrons. The minimum Gasteiger partial charge on any atom is -0.871 e. The summed E-state index contributed by atoms with van der Waals surface area (Å²) in [5, 5.41) is 83.1. The van der Waals surface area contributed by atoms with Crippen molar-refractivity contribution in [3.05, 3.63) is 302 Å². The molecule has 0 bridgehead atoms. The Balaban J connectivity index is 0.000000591. The van der Waals surface area contributed by atoms with Gasteiger partial charge in [0.15, 0.2) is 0 Å². The van der Waals surface area contributed by atoms with E-state index in [4.69, 9.17) is 139 Å². The first-order valence-corrected chi connectivity index (χ1v) is 31.7. The Bertz CT molecular complexity index is 3860. The van der Waals surface area contributed by atoms with Crippen molar-refractivity contribution in [2.45, 2.75) is 0 Å². The summed E-state index contributed by atoms with van der Waals surface area (Å²) in [6.45, 7) is 0. The summed E-state index contributed by atoms with van der Waals surface area (Å²) in [5.41, 5.74) is 4.48. The van der Waals surface area contributed by atoms with E-state index in [1.165, 1.54) is 0 Å². The number of carboxylic acid groups (broad SMARTS) is 4. The zero-order valence-electron chi connectivity index (χ0n) is 52.6. The van der Waals surface area contributed by atoms with Crippen LogP contribution in [0.2, 0.25) is 60.3 Å². The quantitative estimate of drug-likeness (QED) is 0.101. The Hall–Kier alpha value is -6.87. The third kappa shape index (κ3) is 29.5. The van der Waals surface area contributed by atoms with Crippen LogP contribution < -0.4 is 40.9 Å². The van der Waals surface area contributed by atoms with Crippen molar-refractivity contribution < 1.29 is 138 Å². The molecule has 104 heavy (non-hydrogen) atoms. The predicted octanol–water partition coefficient (Wildman–Crippen LogP) is 12.9. The molecule has 0 saturated heterocycles. The Labute approximate surface area is 703 Å². The summed E-state index contributed by atoms with van der Waals surface area (Å²) in [6, 6.07) is 50.7. The van der Waals surface area contributed by atoms with E-state index in [9.17, 15) is 60.0 Å². The summed E-state index contributed by atoms with van der Waals surface area (Å²) >= 11 is 65.3. The van der Waals surface area contributed by atoms with Gasteiger partial charge in [0.2, 0.25) is 0 Å². The van der Waals surface area contributed by atoms with Gasteiger partial charge in [-0.15, -0.1) is 0 Å². The fourth-order valence-electron chi connectivity index (χ4n) is 7.16. The van der Waals surface area contributed by atoms with Gasteiger partial charge in [0, 0.05) is 91.9 Å². The van der Waals surface area contributed by atoms with Gasteiger partial charge < -0.3 is 60.0 Å². The van der Waals surface area contributed by atoms with Crippen LogP contribution in [0.4, 0.5) is 0 Å². The van der Waals surface area contributed by atoms with E-state index in [0.29, 0.717) is 0 Å². The normalized spacial score (nSPS) is 9.50. The van der Waals surface area contributed by atoms with Crippen LogP contribution in [0, 0.1) is 0 Å². The van der Waals surface area contributed by atoms with E-state index in [-0.39, 0.29) is 138 Å². The van der Waals surface area contributed by atoms with Gasteiger partial charge in [-0.05, 0) is 121 Å². The van der Waals surface area contributed by atoms with Crippen molar-refractivity contribution >= 4 is 163 Å². The number of aromatic nitrogens is 8. The molecule has 0 aliphatic carbocycles. The van der Waals surface area contributed by atoms with Gasteiger partial charge in [0.25, 0.3) is 0 Å². The maximum atomic E-state index is 11.1. The molecular weight excluding hydrogens is 1810 g/mol. The van der Waals surface area contributed by atoms with Gasteiger partial charge in [-0.25, -0.2) is 0 Å². The van der Waals surface area contributed by atoms with Crippen molar-refractivity contribution in [2.24, 2.45) is 0 Å². The fourth-order valence-corrected chi connectivity index (χ4v) is 9.88. The third-order valence-electron chi connectivity index (χ3n) is 11.7. The van der Waals surface area contributed by atoms with Crippen LogP contribution in [-0.4, -0.2) is 63.7 Å². The van der Waals surface area contributed by atoms with E-state index in [2.05, 4.69) is 39.9 Å². The van der Waals surface area contributed by atoms with Gasteiger partial charge in [0.05, 0.1) is 110 Å². The average Bonchev–Trinajstić information content (AvgIpc) is 0.828. The average molecular weight is 1840 g/mol. The van der Waals surface area contributed by atoms with E-state index < -0.39 is 69.1 Å². The molecule has 0 amide bonds. The molecule has 0 saturated carbocycles. The monoisotopic (exact) mass is 1830 g/mol. The van der Waals surface area contributed by atoms with Crippen molar-refractivity contribution in [3.8, 4) is 68.5 Å². The molecule has 4 aromatic carbocycles. The number of aromatic carboxylic acids is 4. The number of hydrogen-bond donors (Lipinski definition) is 0. The maximum absolute atomic E-state index is 11.1. The molecule has 0 atom stereocenters. The van der Waals surface area contributed by atoms with Crippen molar-refractivity contribution in [1.29, 1.82) is 0 Å². The predicted molar refractivity (Wildman–Crippen MR) is 371 cm³/mol. The number of hydrogen-bond acceptors (Lipinski definition) is 20. The number of carboxylic acids is 4. The zero-order valence-corrected chi connectivity index (χ0v) is 73.6. The van der Waals surface area contributed by atoms with Crippen LogP contribution in [0.15, 0.2) is 219 Å². The summed E-state index contributed by atoms with van der Waals surface area (Å²) in [5.74, 6) is -10.4. The first-order valence-electron chi connectivity index (χ1n) is 27.2. The summed E-state index contributed by atoms with van der Waals surface area (Å²) in [6.07, 6.45) is 14.1. The molecule has 0 unspecified atom stereocenters. The van der Waals surface area contributed by atoms with Gasteiger partial charge in [-0.2, -0.15) is 0 Å². The maximum Gasteiger partial charge on any atom is 2.00 e. The zero-order chi connectivity index (χ0) is 73.6. The van der Waals surface area contributed by atoms with Crippen LogP contribution in [0.3, 0.4) is 0 Å². The van der Waals surface area contributed by atoms with Crippen LogP contribution in [0.1, 0.15) is 41.4 Å². The summed E-state index contributed by atoms with van der Waals surface area (Å²) in [7, 11) is 0. The number of carbonyl (C=O) groups excluding carboxylic acids is 4.